The number of benzene rings is 1. The molecule has 0 N–H and O–H groups in total. The highest BCUT2D eigenvalue weighted by Gasteiger charge is 2.35. The molecule has 0 spiro atoms. The van der Waals surface area contributed by atoms with Crippen molar-refractivity contribution in [2.75, 3.05) is 19.7 Å². The first kappa shape index (κ1) is 18.2. The number of rotatable bonds is 6. The second-order valence-corrected chi connectivity index (χ2v) is 8.72. The summed E-state index contributed by atoms with van der Waals surface area (Å²) >= 11 is 0. The van der Waals surface area contributed by atoms with E-state index >= 15 is 0 Å². The Labute approximate surface area is 168 Å². The number of fused-ring (bicyclic) bond motifs is 3. The molecule has 0 unspecified atom stereocenters. The smallest absolute Gasteiger partial charge is 0.123 e. The van der Waals surface area contributed by atoms with E-state index in [-0.39, 0.29) is 0 Å². The summed E-state index contributed by atoms with van der Waals surface area (Å²) in [6.07, 6.45) is 5.66. The Morgan fingerprint density at radius 3 is 2.96 bits per heavy atom. The zero-order valence-corrected chi connectivity index (χ0v) is 17.0. The van der Waals surface area contributed by atoms with Gasteiger partial charge in [-0.25, -0.2) is 0 Å². The Bertz CT molecular complexity index is 817. The molecule has 0 amide bonds. The molecule has 5 nitrogen and oxygen atoms in total. The fourth-order valence-electron chi connectivity index (χ4n) is 5.41. The van der Waals surface area contributed by atoms with Crippen molar-refractivity contribution in [1.29, 1.82) is 0 Å². The SMILES string of the molecule is CCOc1ccccc1CN1CCn2nc(CN3C[C@@H]4CCC[C@H]3C4)cc2C1. The minimum atomic E-state index is 0.714. The molecule has 2 aliphatic heterocycles. The van der Waals surface area contributed by atoms with E-state index < -0.39 is 0 Å². The fourth-order valence-corrected chi connectivity index (χ4v) is 5.41. The second kappa shape index (κ2) is 7.88. The van der Waals surface area contributed by atoms with Gasteiger partial charge in [0.15, 0.2) is 0 Å². The Morgan fingerprint density at radius 2 is 2.07 bits per heavy atom. The zero-order chi connectivity index (χ0) is 18.9. The summed E-state index contributed by atoms with van der Waals surface area (Å²) < 4.78 is 8.05. The summed E-state index contributed by atoms with van der Waals surface area (Å²) in [5, 5.41) is 4.94. The molecule has 5 rings (SSSR count). The molecule has 28 heavy (non-hydrogen) atoms. The van der Waals surface area contributed by atoms with Crippen molar-refractivity contribution in [3.63, 3.8) is 0 Å². The third kappa shape index (κ3) is 3.70. The summed E-state index contributed by atoms with van der Waals surface area (Å²) in [4.78, 5) is 5.21. The van der Waals surface area contributed by atoms with E-state index in [9.17, 15) is 0 Å². The molecule has 1 aromatic heterocycles. The lowest BCUT2D eigenvalue weighted by molar-refractivity contribution is 0.200. The van der Waals surface area contributed by atoms with Crippen LogP contribution in [0.15, 0.2) is 30.3 Å². The van der Waals surface area contributed by atoms with Crippen LogP contribution < -0.4 is 4.74 Å². The Hall–Kier alpha value is -1.85. The minimum Gasteiger partial charge on any atom is -0.494 e. The zero-order valence-electron chi connectivity index (χ0n) is 17.0. The van der Waals surface area contributed by atoms with Gasteiger partial charge in [-0.3, -0.25) is 14.5 Å². The Morgan fingerprint density at radius 1 is 1.14 bits per heavy atom. The highest BCUT2D eigenvalue weighted by Crippen LogP contribution is 2.36. The van der Waals surface area contributed by atoms with E-state index in [1.807, 2.05) is 6.92 Å². The maximum absolute atomic E-state index is 5.81. The summed E-state index contributed by atoms with van der Waals surface area (Å²) in [6, 6.07) is 11.6. The van der Waals surface area contributed by atoms with Gasteiger partial charge in [-0.05, 0) is 44.2 Å². The van der Waals surface area contributed by atoms with Gasteiger partial charge in [-0.15, -0.1) is 0 Å². The van der Waals surface area contributed by atoms with Crippen molar-refractivity contribution in [2.24, 2.45) is 5.92 Å². The summed E-state index contributed by atoms with van der Waals surface area (Å²) in [5.74, 6) is 1.96. The van der Waals surface area contributed by atoms with E-state index in [1.54, 1.807) is 0 Å². The van der Waals surface area contributed by atoms with E-state index in [4.69, 9.17) is 9.84 Å². The largest absolute Gasteiger partial charge is 0.494 e. The first-order valence-corrected chi connectivity index (χ1v) is 11.0. The first-order chi connectivity index (χ1) is 13.8. The molecule has 3 heterocycles. The normalized spacial score (nSPS) is 25.0. The average Bonchev–Trinajstić information content (AvgIpc) is 3.23. The highest BCUT2D eigenvalue weighted by atomic mass is 16.5. The summed E-state index contributed by atoms with van der Waals surface area (Å²) in [5.41, 5.74) is 3.90. The molecule has 150 valence electrons. The van der Waals surface area contributed by atoms with E-state index in [0.717, 1.165) is 50.4 Å². The minimum absolute atomic E-state index is 0.714. The van der Waals surface area contributed by atoms with Crippen LogP contribution >= 0.6 is 0 Å². The van der Waals surface area contributed by atoms with Gasteiger partial charge in [-0.1, -0.05) is 24.6 Å². The van der Waals surface area contributed by atoms with Crippen LogP contribution in [0.4, 0.5) is 0 Å². The molecule has 1 saturated carbocycles. The van der Waals surface area contributed by atoms with Crippen LogP contribution in [0.25, 0.3) is 0 Å². The molecule has 2 atom stereocenters. The van der Waals surface area contributed by atoms with Gasteiger partial charge in [-0.2, -0.15) is 5.10 Å². The molecule has 5 heteroatoms. The van der Waals surface area contributed by atoms with Gasteiger partial charge in [0.25, 0.3) is 0 Å². The van der Waals surface area contributed by atoms with Crippen molar-refractivity contribution < 1.29 is 4.74 Å². The lowest BCUT2D eigenvalue weighted by atomic mass is 9.90. The second-order valence-electron chi connectivity index (χ2n) is 8.72. The van der Waals surface area contributed by atoms with Crippen molar-refractivity contribution in [3.8, 4) is 5.75 Å². The lowest BCUT2D eigenvalue weighted by Gasteiger charge is -2.28. The molecular weight excluding hydrogens is 348 g/mol. The number of hydrogen-bond donors (Lipinski definition) is 0. The topological polar surface area (TPSA) is 33.5 Å². The van der Waals surface area contributed by atoms with E-state index in [1.165, 1.54) is 49.2 Å². The van der Waals surface area contributed by atoms with Crippen LogP contribution in [0.1, 0.15) is 49.6 Å². The number of ether oxygens (including phenoxy) is 1. The van der Waals surface area contributed by atoms with Crippen LogP contribution in [0.5, 0.6) is 5.75 Å². The molecule has 2 aromatic rings. The molecule has 1 saturated heterocycles. The van der Waals surface area contributed by atoms with Crippen molar-refractivity contribution in [3.05, 3.63) is 47.3 Å². The predicted octanol–water partition coefficient (Wildman–Crippen LogP) is 3.67. The third-order valence-corrected chi connectivity index (χ3v) is 6.72. The van der Waals surface area contributed by atoms with Gasteiger partial charge in [0.05, 0.1) is 24.5 Å². The highest BCUT2D eigenvalue weighted by molar-refractivity contribution is 5.33. The number of hydrogen-bond acceptors (Lipinski definition) is 4. The number of likely N-dealkylation sites (tertiary alicyclic amines) is 1. The van der Waals surface area contributed by atoms with E-state index in [2.05, 4.69) is 44.8 Å². The van der Waals surface area contributed by atoms with Crippen LogP contribution in [0, 0.1) is 5.92 Å². The van der Waals surface area contributed by atoms with Crippen molar-refractivity contribution in [1.82, 2.24) is 19.6 Å². The Kier molecular flexibility index (Phi) is 5.12. The molecular formula is C23H32N4O. The lowest BCUT2D eigenvalue weighted by Crippen LogP contribution is -2.33. The van der Waals surface area contributed by atoms with Crippen LogP contribution in [-0.4, -0.2) is 45.3 Å². The van der Waals surface area contributed by atoms with Crippen LogP contribution in [-0.2, 0) is 26.2 Å². The van der Waals surface area contributed by atoms with Crippen molar-refractivity contribution in [2.45, 2.75) is 64.8 Å². The van der Waals surface area contributed by atoms with Gasteiger partial charge in [0.2, 0.25) is 0 Å². The molecule has 2 bridgehead atoms. The quantitative estimate of drug-likeness (QED) is 0.766. The molecule has 1 aromatic carbocycles. The van der Waals surface area contributed by atoms with Crippen molar-refractivity contribution >= 4 is 0 Å². The predicted molar refractivity (Wildman–Crippen MR) is 110 cm³/mol. The van der Waals surface area contributed by atoms with Crippen LogP contribution in [0.2, 0.25) is 0 Å². The standard InChI is InChI=1S/C23H32N4O/c1-2-28-23-9-4-3-7-19(23)15-25-10-11-27-22(17-25)13-20(24-27)16-26-14-18-6-5-8-21(26)12-18/h3-4,7,9,13,18,21H,2,5-6,8,10-12,14-17H2,1H3/t18-,21+/m1/s1. The monoisotopic (exact) mass is 380 g/mol. The molecule has 0 radical (unpaired) electrons. The number of nitrogens with zero attached hydrogens (tertiary/aromatic N) is 4. The van der Waals surface area contributed by atoms with Crippen LogP contribution in [0.3, 0.4) is 0 Å². The maximum Gasteiger partial charge on any atom is 0.123 e. The maximum atomic E-state index is 5.81. The fraction of sp³-hybridized carbons (Fsp3) is 0.609. The first-order valence-electron chi connectivity index (χ1n) is 11.0. The van der Waals surface area contributed by atoms with Gasteiger partial charge >= 0.3 is 0 Å². The molecule has 1 aliphatic carbocycles. The average molecular weight is 381 g/mol. The van der Waals surface area contributed by atoms with Gasteiger partial charge in [0.1, 0.15) is 5.75 Å². The summed E-state index contributed by atoms with van der Waals surface area (Å²) in [7, 11) is 0. The molecule has 2 fully saturated rings. The molecule has 3 aliphatic rings. The summed E-state index contributed by atoms with van der Waals surface area (Å²) in [6.45, 7) is 9.02. The third-order valence-electron chi connectivity index (χ3n) is 6.72. The Balaban J connectivity index is 1.24. The van der Waals surface area contributed by atoms with Gasteiger partial charge < -0.3 is 4.74 Å². The number of aromatic nitrogens is 2. The van der Waals surface area contributed by atoms with E-state index in [0.29, 0.717) is 6.61 Å². The van der Waals surface area contributed by atoms with Gasteiger partial charge in [0, 0.05) is 44.3 Å². The number of para-hydroxylation sites is 1.